The van der Waals surface area contributed by atoms with Crippen LogP contribution in [0.25, 0.3) is 0 Å². The second kappa shape index (κ2) is 7.45. The molecule has 3 nitrogen and oxygen atoms in total. The van der Waals surface area contributed by atoms with E-state index in [0.29, 0.717) is 12.1 Å². The monoisotopic (exact) mass is 367 g/mol. The molecule has 0 heterocycles. The first-order chi connectivity index (χ1) is 12.3. The Morgan fingerprint density at radius 1 is 1.12 bits per heavy atom. The molecule has 0 spiro atoms. The van der Waals surface area contributed by atoms with Crippen molar-refractivity contribution in [3.05, 3.63) is 65.5 Å². The van der Waals surface area contributed by atoms with Crippen LogP contribution in [0.4, 0.5) is 23.2 Å². The molecule has 0 aromatic heterocycles. The van der Waals surface area contributed by atoms with Crippen LogP contribution in [0.15, 0.2) is 48.5 Å². The van der Waals surface area contributed by atoms with Gasteiger partial charge >= 0.3 is 6.18 Å². The van der Waals surface area contributed by atoms with Crippen LogP contribution in [-0.4, -0.2) is 18.5 Å². The highest BCUT2D eigenvalue weighted by atomic mass is 19.4. The fraction of sp³-hybridized carbons (Fsp3) is 0.316. The normalized spacial score (nSPS) is 15.5. The van der Waals surface area contributed by atoms with E-state index in [0.717, 1.165) is 29.9 Å². The third kappa shape index (κ3) is 4.82. The zero-order valence-corrected chi connectivity index (χ0v) is 13.9. The molecule has 2 N–H and O–H groups in total. The molecule has 0 aliphatic heterocycles. The third-order valence-corrected chi connectivity index (χ3v) is 4.39. The van der Waals surface area contributed by atoms with Gasteiger partial charge in [-0.25, -0.2) is 4.39 Å². The topological polar surface area (TPSA) is 33.5 Å². The van der Waals surface area contributed by atoms with Gasteiger partial charge in [0.05, 0.1) is 11.6 Å². The maximum atomic E-state index is 13.9. The average molecular weight is 367 g/mol. The number of amides is 1. The Morgan fingerprint density at radius 2 is 1.85 bits per heavy atom. The van der Waals surface area contributed by atoms with Gasteiger partial charge in [0, 0.05) is 24.1 Å². The molecule has 1 atom stereocenters. The number of carbonyl (C=O) groups is 1. The Morgan fingerprint density at radius 3 is 2.50 bits per heavy atom. The first-order valence-electron chi connectivity index (χ1n) is 8.38. The molecule has 7 heteroatoms. The third-order valence-electron chi connectivity index (χ3n) is 4.39. The highest BCUT2D eigenvalue weighted by Crippen LogP contribution is 2.30. The second-order valence-corrected chi connectivity index (χ2v) is 6.50. The fourth-order valence-electron chi connectivity index (χ4n) is 2.91. The second-order valence-electron chi connectivity index (χ2n) is 6.50. The van der Waals surface area contributed by atoms with Crippen LogP contribution in [0.3, 0.4) is 0 Å². The number of rotatable bonds is 6. The maximum Gasteiger partial charge on any atom is 0.416 e. The minimum atomic E-state index is -4.46. The summed E-state index contributed by atoms with van der Waals surface area (Å²) in [5, 5.41) is 2.51. The number of halogens is 4. The van der Waals surface area contributed by atoms with E-state index in [1.807, 2.05) is 0 Å². The molecule has 0 bridgehead atoms. The molecule has 138 valence electrons. The van der Waals surface area contributed by atoms with E-state index in [-0.39, 0.29) is 30.0 Å². The maximum absolute atomic E-state index is 13.9. The lowest BCUT2D eigenvalue weighted by molar-refractivity contribution is -0.917. The molecule has 2 aromatic carbocycles. The summed E-state index contributed by atoms with van der Waals surface area (Å²) in [7, 11) is 0. The number of benzene rings is 2. The standard InChI is InChI=1S/C19H18F4N2O/c20-17-7-2-1-4-13(17)11-25(16-8-9-16)12-18(26)24-15-6-3-5-14(10-15)19(21,22)23/h1-7,10,16H,8-9,11-12H2,(H,24,26)/p+1. The summed E-state index contributed by atoms with van der Waals surface area (Å²) in [6.45, 7) is 0.447. The highest BCUT2D eigenvalue weighted by Gasteiger charge is 2.35. The van der Waals surface area contributed by atoms with Crippen LogP contribution >= 0.6 is 0 Å². The average Bonchev–Trinajstić information content (AvgIpc) is 3.40. The van der Waals surface area contributed by atoms with Crippen molar-refractivity contribution in [3.8, 4) is 0 Å². The summed E-state index contributed by atoms with van der Waals surface area (Å²) in [6.07, 6.45) is -2.54. The van der Waals surface area contributed by atoms with Crippen molar-refractivity contribution in [2.45, 2.75) is 31.6 Å². The van der Waals surface area contributed by atoms with Crippen molar-refractivity contribution in [1.29, 1.82) is 0 Å². The Kier molecular flexibility index (Phi) is 5.27. The van der Waals surface area contributed by atoms with Gasteiger partial charge in [-0.2, -0.15) is 13.2 Å². The Labute approximate surface area is 148 Å². The number of nitrogens with one attached hydrogen (secondary N) is 2. The number of carbonyl (C=O) groups excluding carboxylic acids is 1. The van der Waals surface area contributed by atoms with Gasteiger partial charge in [-0.1, -0.05) is 24.3 Å². The van der Waals surface area contributed by atoms with E-state index in [9.17, 15) is 22.4 Å². The van der Waals surface area contributed by atoms with E-state index >= 15 is 0 Å². The number of anilines is 1. The summed E-state index contributed by atoms with van der Waals surface area (Å²) in [6, 6.07) is 11.2. The van der Waals surface area contributed by atoms with Crippen molar-refractivity contribution in [2.75, 3.05) is 11.9 Å². The van der Waals surface area contributed by atoms with Crippen molar-refractivity contribution in [1.82, 2.24) is 0 Å². The predicted molar refractivity (Wildman–Crippen MR) is 89.0 cm³/mol. The Bertz CT molecular complexity index is 787. The first kappa shape index (κ1) is 18.4. The minimum Gasteiger partial charge on any atom is -0.321 e. The van der Waals surface area contributed by atoms with Gasteiger partial charge in [-0.3, -0.25) is 4.79 Å². The molecule has 0 radical (unpaired) electrons. The van der Waals surface area contributed by atoms with E-state index in [4.69, 9.17) is 0 Å². The van der Waals surface area contributed by atoms with Gasteiger partial charge < -0.3 is 10.2 Å². The van der Waals surface area contributed by atoms with Gasteiger partial charge in [0.25, 0.3) is 5.91 Å². The van der Waals surface area contributed by atoms with Crippen LogP contribution in [0.2, 0.25) is 0 Å². The molecule has 1 fully saturated rings. The van der Waals surface area contributed by atoms with Crippen LogP contribution < -0.4 is 10.2 Å². The summed E-state index contributed by atoms with van der Waals surface area (Å²) in [4.78, 5) is 13.2. The number of hydrogen-bond acceptors (Lipinski definition) is 1. The van der Waals surface area contributed by atoms with E-state index in [2.05, 4.69) is 5.32 Å². The summed E-state index contributed by atoms with van der Waals surface area (Å²) in [5.41, 5.74) is -0.180. The molecule has 1 saturated carbocycles. The van der Waals surface area contributed by atoms with E-state index < -0.39 is 11.7 Å². The van der Waals surface area contributed by atoms with Gasteiger partial charge in [-0.15, -0.1) is 0 Å². The van der Waals surface area contributed by atoms with Crippen LogP contribution in [0.1, 0.15) is 24.0 Å². The largest absolute Gasteiger partial charge is 0.416 e. The van der Waals surface area contributed by atoms with E-state index in [1.165, 1.54) is 18.2 Å². The molecule has 1 unspecified atom stereocenters. The minimum absolute atomic E-state index is 0.0786. The Hall–Kier alpha value is -2.41. The van der Waals surface area contributed by atoms with Crippen LogP contribution in [0.5, 0.6) is 0 Å². The van der Waals surface area contributed by atoms with Gasteiger partial charge in [0.1, 0.15) is 12.4 Å². The smallest absolute Gasteiger partial charge is 0.321 e. The molecule has 1 amide bonds. The molecule has 1 aliphatic rings. The van der Waals surface area contributed by atoms with E-state index in [1.54, 1.807) is 18.2 Å². The summed E-state index contributed by atoms with van der Waals surface area (Å²) >= 11 is 0. The molecular formula is C19H19F4N2O+. The summed E-state index contributed by atoms with van der Waals surface area (Å²) < 4.78 is 52.1. The Balaban J connectivity index is 1.65. The van der Waals surface area contributed by atoms with Gasteiger partial charge in [-0.05, 0) is 24.3 Å². The lowest BCUT2D eigenvalue weighted by Crippen LogP contribution is -3.13. The van der Waals surface area contributed by atoms with Gasteiger partial charge in [0.2, 0.25) is 0 Å². The highest BCUT2D eigenvalue weighted by molar-refractivity contribution is 5.91. The molecule has 26 heavy (non-hydrogen) atoms. The first-order valence-corrected chi connectivity index (χ1v) is 8.38. The zero-order chi connectivity index (χ0) is 18.7. The SMILES string of the molecule is O=C(C[NH+](Cc1ccccc1F)C1CC1)Nc1cccc(C(F)(F)F)c1. The fourth-order valence-corrected chi connectivity index (χ4v) is 2.91. The number of alkyl halides is 3. The lowest BCUT2D eigenvalue weighted by Gasteiger charge is -2.19. The molecule has 3 rings (SSSR count). The quantitative estimate of drug-likeness (QED) is 0.756. The van der Waals surface area contributed by atoms with Crippen molar-refractivity contribution in [3.63, 3.8) is 0 Å². The zero-order valence-electron chi connectivity index (χ0n) is 13.9. The number of quaternary nitrogens is 1. The lowest BCUT2D eigenvalue weighted by atomic mass is 10.2. The van der Waals surface area contributed by atoms with Crippen molar-refractivity contribution in [2.24, 2.45) is 0 Å². The molecule has 2 aromatic rings. The molecule has 0 saturated heterocycles. The number of hydrogen-bond donors (Lipinski definition) is 2. The molecule has 1 aliphatic carbocycles. The van der Waals surface area contributed by atoms with Crippen molar-refractivity contribution >= 4 is 11.6 Å². The van der Waals surface area contributed by atoms with Crippen LogP contribution in [0, 0.1) is 5.82 Å². The van der Waals surface area contributed by atoms with Crippen LogP contribution in [-0.2, 0) is 17.5 Å². The summed E-state index contributed by atoms with van der Waals surface area (Å²) in [5.74, 6) is -0.702. The predicted octanol–water partition coefficient (Wildman–Crippen LogP) is 3.03. The molecular weight excluding hydrogens is 348 g/mol. The van der Waals surface area contributed by atoms with Gasteiger partial charge in [0.15, 0.2) is 6.54 Å². The van der Waals surface area contributed by atoms with Crippen molar-refractivity contribution < 1.29 is 27.3 Å².